The van der Waals surface area contributed by atoms with E-state index in [0.717, 1.165) is 22.3 Å². The van der Waals surface area contributed by atoms with E-state index in [1.807, 2.05) is 43.3 Å². The lowest BCUT2D eigenvalue weighted by Crippen LogP contribution is -1.80. The Balaban J connectivity index is 2.40. The molecule has 2 aromatic carbocycles. The first-order valence-corrected chi connectivity index (χ1v) is 4.82. The smallest absolute Gasteiger partial charge is 0.0366 e. The van der Waals surface area contributed by atoms with Crippen molar-refractivity contribution < 1.29 is 2.74 Å². The normalized spacial score (nSPS) is 18.1. The highest BCUT2D eigenvalue weighted by molar-refractivity contribution is 5.77. The van der Waals surface area contributed by atoms with Crippen molar-refractivity contribution in [2.75, 3.05) is 0 Å². The molecule has 14 heavy (non-hydrogen) atoms. The Morgan fingerprint density at radius 2 is 1.79 bits per heavy atom. The molecule has 1 aliphatic carbocycles. The summed E-state index contributed by atoms with van der Waals surface area (Å²) in [5, 5.41) is 0. The van der Waals surface area contributed by atoms with Crippen LogP contribution in [0.4, 0.5) is 0 Å². The molecule has 1 aliphatic rings. The van der Waals surface area contributed by atoms with Gasteiger partial charge in [-0.05, 0) is 35.6 Å². The molecule has 0 amide bonds. The van der Waals surface area contributed by atoms with E-state index in [4.69, 9.17) is 2.74 Å². The molecule has 0 aromatic heterocycles. The van der Waals surface area contributed by atoms with Crippen LogP contribution in [0.1, 0.15) is 19.4 Å². The van der Waals surface area contributed by atoms with Crippen molar-refractivity contribution in [3.63, 3.8) is 0 Å². The van der Waals surface area contributed by atoms with Crippen molar-refractivity contribution in [3.05, 3.63) is 59.2 Å². The van der Waals surface area contributed by atoms with E-state index in [9.17, 15) is 0 Å². The van der Waals surface area contributed by atoms with Crippen LogP contribution < -0.4 is 0 Å². The third-order valence-corrected chi connectivity index (χ3v) is 2.66. The van der Waals surface area contributed by atoms with Crippen LogP contribution >= 0.6 is 0 Å². The molecule has 0 radical (unpaired) electrons. The highest BCUT2D eigenvalue weighted by Gasteiger charge is 2.16. The lowest BCUT2D eigenvalue weighted by molar-refractivity contribution is 1.26. The van der Waals surface area contributed by atoms with Crippen LogP contribution in [0.5, 0.6) is 0 Å². The van der Waals surface area contributed by atoms with Gasteiger partial charge in [-0.25, -0.2) is 0 Å². The average molecular weight is 184 g/mol. The molecular formula is C14H12. The monoisotopic (exact) mass is 184 g/mol. The molecule has 0 spiro atoms. The van der Waals surface area contributed by atoms with Gasteiger partial charge in [0.2, 0.25) is 0 Å². The standard InChI is InChI=1S/C14H12/c1-10-6-7-12-9-11-4-2-3-5-13(11)14(12)8-10/h2-8H,9H2,1H3/i9T2. The van der Waals surface area contributed by atoms with Crippen LogP contribution in [0.2, 0.25) is 0 Å². The first-order valence-electron chi connectivity index (χ1n) is 5.82. The second-order valence-corrected chi connectivity index (χ2v) is 3.72. The highest BCUT2D eigenvalue weighted by Crippen LogP contribution is 2.36. The second kappa shape index (κ2) is 2.71. The van der Waals surface area contributed by atoms with Gasteiger partial charge in [0, 0.05) is 2.74 Å². The summed E-state index contributed by atoms with van der Waals surface area (Å²) in [6, 6.07) is 13.7. The zero-order chi connectivity index (χ0) is 11.3. The van der Waals surface area contributed by atoms with Gasteiger partial charge in [-0.2, -0.15) is 0 Å². The lowest BCUT2D eigenvalue weighted by atomic mass is 10.0. The molecule has 0 fully saturated rings. The largest absolute Gasteiger partial charge is 0.0619 e. The number of fused-ring (bicyclic) bond motifs is 3. The number of hydrogen-bond acceptors (Lipinski definition) is 0. The second-order valence-electron chi connectivity index (χ2n) is 3.72. The molecule has 0 heterocycles. The van der Waals surface area contributed by atoms with Gasteiger partial charge in [0.05, 0.1) is 0 Å². The van der Waals surface area contributed by atoms with Crippen molar-refractivity contribution in [1.82, 2.24) is 0 Å². The Morgan fingerprint density at radius 3 is 2.71 bits per heavy atom. The van der Waals surface area contributed by atoms with Gasteiger partial charge in [-0.3, -0.25) is 0 Å². The summed E-state index contributed by atoms with van der Waals surface area (Å²) in [4.78, 5) is 0. The quantitative estimate of drug-likeness (QED) is 0.587. The summed E-state index contributed by atoms with van der Waals surface area (Å²) in [6.07, 6.45) is -1.35. The molecule has 0 nitrogen and oxygen atoms in total. The zero-order valence-electron chi connectivity index (χ0n) is 10.0. The van der Waals surface area contributed by atoms with E-state index in [1.54, 1.807) is 0 Å². The third-order valence-electron chi connectivity index (χ3n) is 2.66. The molecule has 0 atom stereocenters. The molecule has 0 unspecified atom stereocenters. The van der Waals surface area contributed by atoms with Gasteiger partial charge in [-0.15, -0.1) is 0 Å². The minimum Gasteiger partial charge on any atom is -0.0619 e. The molecule has 0 aliphatic heterocycles. The first kappa shape index (κ1) is 6.02. The Morgan fingerprint density at radius 1 is 1.00 bits per heavy atom. The van der Waals surface area contributed by atoms with Crippen molar-refractivity contribution >= 4 is 0 Å². The van der Waals surface area contributed by atoms with Crippen molar-refractivity contribution in [3.8, 4) is 11.1 Å². The predicted octanol–water partition coefficient (Wildman–Crippen LogP) is 3.57. The maximum atomic E-state index is 8.19. The molecule has 0 heteroatoms. The van der Waals surface area contributed by atoms with Crippen LogP contribution in [-0.2, 0) is 6.37 Å². The van der Waals surface area contributed by atoms with Crippen LogP contribution in [0.3, 0.4) is 0 Å². The number of benzene rings is 2. The summed E-state index contributed by atoms with van der Waals surface area (Å²) in [5.41, 5.74) is 4.83. The van der Waals surface area contributed by atoms with E-state index in [0.29, 0.717) is 0 Å². The van der Waals surface area contributed by atoms with E-state index in [1.165, 1.54) is 5.56 Å². The Kier molecular flexibility index (Phi) is 1.17. The Bertz CT molecular complexity index is 571. The maximum absolute atomic E-state index is 8.19. The van der Waals surface area contributed by atoms with Gasteiger partial charge in [-0.1, -0.05) is 48.0 Å². The molecule has 0 saturated carbocycles. The zero-order valence-corrected chi connectivity index (χ0v) is 8.04. The SMILES string of the molecule is [3H]C1([3H])c2ccccc2-c2cc(C)ccc21. The van der Waals surface area contributed by atoms with Crippen LogP contribution in [0.25, 0.3) is 11.1 Å². The average Bonchev–Trinajstić information content (AvgIpc) is 2.49. The van der Waals surface area contributed by atoms with E-state index in [-0.39, 0.29) is 0 Å². The summed E-state index contributed by atoms with van der Waals surface area (Å²) < 4.78 is 16.4. The van der Waals surface area contributed by atoms with Gasteiger partial charge in [0.15, 0.2) is 0 Å². The van der Waals surface area contributed by atoms with Crippen molar-refractivity contribution in [1.29, 1.82) is 0 Å². The molecule has 68 valence electrons. The lowest BCUT2D eigenvalue weighted by Gasteiger charge is -2.01. The van der Waals surface area contributed by atoms with Crippen molar-refractivity contribution in [2.24, 2.45) is 0 Å². The fourth-order valence-corrected chi connectivity index (χ4v) is 1.96. The van der Waals surface area contributed by atoms with Crippen LogP contribution in [0.15, 0.2) is 42.5 Å². The fourth-order valence-electron chi connectivity index (χ4n) is 1.96. The maximum Gasteiger partial charge on any atom is 0.0366 e. The molecular weight excluding hydrogens is 168 g/mol. The Labute approximate surface area is 87.0 Å². The summed E-state index contributed by atoms with van der Waals surface area (Å²) in [5.74, 6) is 0. The molecule has 0 saturated heterocycles. The van der Waals surface area contributed by atoms with Crippen molar-refractivity contribution in [2.45, 2.75) is 13.3 Å². The third kappa shape index (κ3) is 1.00. The minimum absolute atomic E-state index is 0.788. The van der Waals surface area contributed by atoms with Gasteiger partial charge in [0.1, 0.15) is 0 Å². The van der Waals surface area contributed by atoms with Gasteiger partial charge < -0.3 is 0 Å². The summed E-state index contributed by atoms with van der Waals surface area (Å²) >= 11 is 0. The van der Waals surface area contributed by atoms with Gasteiger partial charge >= 0.3 is 0 Å². The summed E-state index contributed by atoms with van der Waals surface area (Å²) in [6.45, 7) is 2.04. The Hall–Kier alpha value is -1.56. The molecule has 0 bridgehead atoms. The number of rotatable bonds is 0. The minimum atomic E-state index is -1.35. The molecule has 0 N–H and O–H groups in total. The van der Waals surface area contributed by atoms with E-state index in [2.05, 4.69) is 6.07 Å². The van der Waals surface area contributed by atoms with E-state index >= 15 is 0 Å². The fraction of sp³-hybridized carbons (Fsp3) is 0.143. The number of aryl methyl sites for hydroxylation is 1. The van der Waals surface area contributed by atoms with Gasteiger partial charge in [0.25, 0.3) is 0 Å². The van der Waals surface area contributed by atoms with E-state index < -0.39 is 6.37 Å². The molecule has 3 rings (SSSR count). The highest BCUT2D eigenvalue weighted by atomic mass is 14.2. The van der Waals surface area contributed by atoms with Crippen LogP contribution in [-0.4, -0.2) is 0 Å². The molecule has 2 aromatic rings. The first-order chi connectivity index (χ1) is 7.60. The predicted molar refractivity (Wildman–Crippen MR) is 59.4 cm³/mol. The number of hydrogen-bond donors (Lipinski definition) is 0. The van der Waals surface area contributed by atoms with Crippen LogP contribution in [0, 0.1) is 6.92 Å². The topological polar surface area (TPSA) is 0 Å². The summed E-state index contributed by atoms with van der Waals surface area (Å²) in [7, 11) is 0.